The normalized spacial score (nSPS) is 16.5. The number of hydroxylamine groups is 2. The van der Waals surface area contributed by atoms with E-state index in [1.54, 1.807) is 12.1 Å². The number of nitrogens with zero attached hydrogens (tertiary/aromatic N) is 3. The van der Waals surface area contributed by atoms with Crippen molar-refractivity contribution in [1.29, 1.82) is 0 Å². The molecule has 3 N–H and O–H groups in total. The average Bonchev–Trinajstić information content (AvgIpc) is 2.96. The van der Waals surface area contributed by atoms with Gasteiger partial charge in [0.15, 0.2) is 6.04 Å². The maximum absolute atomic E-state index is 15.0. The highest BCUT2D eigenvalue weighted by Gasteiger charge is 2.36. The third-order valence-corrected chi connectivity index (χ3v) is 7.66. The number of carbonyl (C=O) groups is 1. The highest BCUT2D eigenvalue weighted by atomic mass is 19.1. The van der Waals surface area contributed by atoms with Gasteiger partial charge < -0.3 is 25.8 Å². The fourth-order valence-electron chi connectivity index (χ4n) is 5.32. The van der Waals surface area contributed by atoms with Crippen LogP contribution in [0.1, 0.15) is 72.4 Å². The van der Waals surface area contributed by atoms with E-state index in [4.69, 9.17) is 9.97 Å². The molecular formula is C31H40F2N6O2. The number of nitrogens with one attached hydrogen (secondary N) is 3. The molecule has 1 aliphatic rings. The summed E-state index contributed by atoms with van der Waals surface area (Å²) in [7, 11) is 0. The molecule has 41 heavy (non-hydrogen) atoms. The van der Waals surface area contributed by atoms with Gasteiger partial charge >= 0.3 is 0 Å². The number of carbonyl (C=O) groups excluding carboxylic acids is 1. The van der Waals surface area contributed by atoms with Gasteiger partial charge in [-0.2, -0.15) is 0 Å². The van der Waals surface area contributed by atoms with Gasteiger partial charge in [0.05, 0.1) is 17.8 Å². The number of quaternary nitrogens is 1. The summed E-state index contributed by atoms with van der Waals surface area (Å²) in [5.74, 6) is -1.46. The number of anilines is 1. The van der Waals surface area contributed by atoms with Crippen molar-refractivity contribution >= 4 is 11.9 Å². The first kappa shape index (κ1) is 30.5. The summed E-state index contributed by atoms with van der Waals surface area (Å²) in [6.07, 6.45) is 1.99. The highest BCUT2D eigenvalue weighted by molar-refractivity contribution is 5.95. The van der Waals surface area contributed by atoms with E-state index in [-0.39, 0.29) is 29.0 Å². The predicted octanol–water partition coefficient (Wildman–Crippen LogP) is 4.04. The minimum atomic E-state index is -1.19. The van der Waals surface area contributed by atoms with Crippen LogP contribution in [0.4, 0.5) is 14.7 Å². The Balaban J connectivity index is 1.82. The molecule has 2 unspecified atom stereocenters. The zero-order valence-electron chi connectivity index (χ0n) is 24.3. The molecule has 220 valence electrons. The summed E-state index contributed by atoms with van der Waals surface area (Å²) >= 11 is 0. The molecule has 0 spiro atoms. The Hall–Kier alpha value is -3.47. The molecular weight excluding hydrogens is 526 g/mol. The molecule has 0 saturated carbocycles. The Kier molecular flexibility index (Phi) is 10.4. The van der Waals surface area contributed by atoms with E-state index in [0.717, 1.165) is 55.7 Å². The minimum Gasteiger partial charge on any atom is -0.634 e. The third kappa shape index (κ3) is 6.89. The molecule has 0 bridgehead atoms. The first-order valence-electron chi connectivity index (χ1n) is 14.5. The first-order valence-corrected chi connectivity index (χ1v) is 14.5. The molecule has 8 nitrogen and oxygen atoms in total. The Labute approximate surface area is 240 Å². The molecule has 1 aromatic heterocycles. The van der Waals surface area contributed by atoms with E-state index in [0.29, 0.717) is 42.0 Å². The van der Waals surface area contributed by atoms with Gasteiger partial charge in [0.25, 0.3) is 5.91 Å². The lowest BCUT2D eigenvalue weighted by Gasteiger charge is -2.37. The van der Waals surface area contributed by atoms with Crippen molar-refractivity contribution in [3.05, 3.63) is 81.2 Å². The van der Waals surface area contributed by atoms with Gasteiger partial charge in [0, 0.05) is 36.2 Å². The Morgan fingerprint density at radius 1 is 1.10 bits per heavy atom. The molecule has 1 aliphatic heterocycles. The molecule has 1 amide bonds. The lowest BCUT2D eigenvalue weighted by atomic mass is 9.89. The van der Waals surface area contributed by atoms with Crippen molar-refractivity contribution in [1.82, 2.24) is 20.2 Å². The van der Waals surface area contributed by atoms with Gasteiger partial charge in [-0.15, -0.1) is 0 Å². The van der Waals surface area contributed by atoms with Crippen LogP contribution in [0.2, 0.25) is 0 Å². The SMILES string of the molecule is CCCNC(=O)c1ccc(C)c(-c2nc(NCCCN(CC)CC)nc3c2CC[NH+]([O-])C3c2c(F)cccc2F)c1. The van der Waals surface area contributed by atoms with Crippen molar-refractivity contribution in [3.63, 3.8) is 0 Å². The number of benzene rings is 2. The molecule has 0 radical (unpaired) electrons. The highest BCUT2D eigenvalue weighted by Crippen LogP contribution is 2.35. The molecule has 0 saturated heterocycles. The smallest absolute Gasteiger partial charge is 0.251 e. The molecule has 0 aliphatic carbocycles. The standard InChI is InChI=1S/C31H40F2N6O2/c1-5-15-34-30(40)21-13-12-20(4)23(19-21)27-22-14-18-39(41)29(26-24(32)10-8-11-25(26)33)28(22)37-31(36-27)35-16-9-17-38(6-2)7-3/h8,10-13,19,29,39H,5-7,9,14-18H2,1-4H3,(H,34,40)(H,35,36,37). The van der Waals surface area contributed by atoms with Crippen LogP contribution in [-0.2, 0) is 6.42 Å². The topological polar surface area (TPSA) is 97.7 Å². The van der Waals surface area contributed by atoms with E-state index in [1.165, 1.54) is 6.07 Å². The fourth-order valence-corrected chi connectivity index (χ4v) is 5.32. The number of fused-ring (bicyclic) bond motifs is 1. The fraction of sp³-hybridized carbons (Fsp3) is 0.452. The van der Waals surface area contributed by atoms with E-state index in [9.17, 15) is 10.0 Å². The summed E-state index contributed by atoms with van der Waals surface area (Å²) in [4.78, 5) is 24.7. The molecule has 0 fully saturated rings. The van der Waals surface area contributed by atoms with E-state index in [2.05, 4.69) is 29.4 Å². The molecule has 10 heteroatoms. The van der Waals surface area contributed by atoms with Gasteiger partial charge in [-0.25, -0.2) is 18.7 Å². The second kappa shape index (κ2) is 13.9. The minimum absolute atomic E-state index is 0.105. The van der Waals surface area contributed by atoms with Crippen molar-refractivity contribution in [2.24, 2.45) is 0 Å². The number of hydrogen-bond donors (Lipinski definition) is 3. The zero-order valence-corrected chi connectivity index (χ0v) is 24.3. The molecule has 2 aromatic carbocycles. The van der Waals surface area contributed by atoms with Gasteiger partial charge in [-0.05, 0) is 69.2 Å². The Bertz CT molecular complexity index is 1340. The quantitative estimate of drug-likeness (QED) is 0.226. The van der Waals surface area contributed by atoms with Crippen LogP contribution >= 0.6 is 0 Å². The molecule has 2 atom stereocenters. The van der Waals surface area contributed by atoms with Crippen LogP contribution in [0, 0.1) is 23.8 Å². The maximum Gasteiger partial charge on any atom is 0.251 e. The van der Waals surface area contributed by atoms with Gasteiger partial charge in [0.1, 0.15) is 17.3 Å². The largest absolute Gasteiger partial charge is 0.634 e. The second-order valence-corrected chi connectivity index (χ2v) is 10.4. The van der Waals surface area contributed by atoms with E-state index >= 15 is 8.78 Å². The monoisotopic (exact) mass is 566 g/mol. The van der Waals surface area contributed by atoms with Gasteiger partial charge in [0.2, 0.25) is 5.95 Å². The summed E-state index contributed by atoms with van der Waals surface area (Å²) in [5.41, 5.74) is 3.35. The first-order chi connectivity index (χ1) is 19.8. The van der Waals surface area contributed by atoms with Crippen molar-refractivity contribution in [2.45, 2.75) is 53.0 Å². The number of halogens is 2. The lowest BCUT2D eigenvalue weighted by molar-refractivity contribution is -0.878. The van der Waals surface area contributed by atoms with E-state index < -0.39 is 17.7 Å². The summed E-state index contributed by atoms with van der Waals surface area (Å²) in [6, 6.07) is 7.86. The van der Waals surface area contributed by atoms with Crippen molar-refractivity contribution < 1.29 is 18.6 Å². The third-order valence-electron chi connectivity index (χ3n) is 7.66. The number of hydrogen-bond acceptors (Lipinski definition) is 6. The Morgan fingerprint density at radius 2 is 1.83 bits per heavy atom. The van der Waals surface area contributed by atoms with Crippen molar-refractivity contribution in [2.75, 3.05) is 44.6 Å². The lowest BCUT2D eigenvalue weighted by Crippen LogP contribution is -3.09. The summed E-state index contributed by atoms with van der Waals surface area (Å²) in [5, 5.41) is 19.2. The van der Waals surface area contributed by atoms with Crippen LogP contribution in [-0.4, -0.2) is 60.0 Å². The van der Waals surface area contributed by atoms with Gasteiger partial charge in [-0.1, -0.05) is 32.9 Å². The van der Waals surface area contributed by atoms with Crippen LogP contribution in [0.5, 0.6) is 0 Å². The predicted molar refractivity (Wildman–Crippen MR) is 157 cm³/mol. The molecule has 2 heterocycles. The van der Waals surface area contributed by atoms with Crippen molar-refractivity contribution in [3.8, 4) is 11.3 Å². The number of amides is 1. The zero-order chi connectivity index (χ0) is 29.5. The van der Waals surface area contributed by atoms with Gasteiger partial charge in [-0.3, -0.25) is 4.79 Å². The van der Waals surface area contributed by atoms with Crippen LogP contribution in [0.3, 0.4) is 0 Å². The van der Waals surface area contributed by atoms with Crippen LogP contribution < -0.4 is 15.7 Å². The summed E-state index contributed by atoms with van der Waals surface area (Å²) in [6.45, 7) is 12.2. The Morgan fingerprint density at radius 3 is 2.51 bits per heavy atom. The molecule has 3 aromatic rings. The number of aryl methyl sites for hydroxylation is 1. The van der Waals surface area contributed by atoms with E-state index in [1.807, 2.05) is 19.9 Å². The van der Waals surface area contributed by atoms with Crippen LogP contribution in [0.15, 0.2) is 36.4 Å². The second-order valence-electron chi connectivity index (χ2n) is 10.4. The average molecular weight is 567 g/mol. The number of rotatable bonds is 12. The van der Waals surface area contributed by atoms with Crippen LogP contribution in [0.25, 0.3) is 11.3 Å². The maximum atomic E-state index is 15.0. The summed E-state index contributed by atoms with van der Waals surface area (Å²) < 4.78 is 30.0. The molecule has 4 rings (SSSR count). The number of aromatic nitrogens is 2.